The van der Waals surface area contributed by atoms with Crippen LogP contribution in [0, 0.1) is 5.41 Å². The molecule has 314 valence electrons. The second-order valence-corrected chi connectivity index (χ2v) is 17.5. The van der Waals surface area contributed by atoms with Gasteiger partial charge in [0.05, 0.1) is 49.7 Å². The van der Waals surface area contributed by atoms with Crippen molar-refractivity contribution >= 4 is 28.0 Å². The summed E-state index contributed by atoms with van der Waals surface area (Å²) in [7, 11) is 1.72. The maximum absolute atomic E-state index is 13.6. The highest BCUT2D eigenvalue weighted by atomic mass is 16.6. The number of nitrogens with one attached hydrogen (secondary N) is 1. The highest BCUT2D eigenvalue weighted by molar-refractivity contribution is 5.95. The fourth-order valence-corrected chi connectivity index (χ4v) is 9.53. The van der Waals surface area contributed by atoms with Crippen LogP contribution in [0.15, 0.2) is 41.7 Å². The first-order valence-corrected chi connectivity index (χ1v) is 21.4. The van der Waals surface area contributed by atoms with Gasteiger partial charge in [0.1, 0.15) is 0 Å². The van der Waals surface area contributed by atoms with Crippen LogP contribution in [0.25, 0.3) is 22.0 Å². The highest BCUT2D eigenvalue weighted by Gasteiger charge is 2.35. The molecule has 6 atom stereocenters. The van der Waals surface area contributed by atoms with Gasteiger partial charge in [0.15, 0.2) is 6.29 Å². The van der Waals surface area contributed by atoms with Crippen molar-refractivity contribution in [2.45, 2.75) is 104 Å². The zero-order chi connectivity index (χ0) is 40.4. The Labute approximate surface area is 339 Å². The summed E-state index contributed by atoms with van der Waals surface area (Å²) in [6.07, 6.45) is 7.15. The zero-order valence-corrected chi connectivity index (χ0v) is 35.3. The van der Waals surface area contributed by atoms with E-state index in [0.29, 0.717) is 50.8 Å². The molecule has 13 heteroatoms. The fourth-order valence-electron chi connectivity index (χ4n) is 9.53. The molecule has 1 amide bonds. The third kappa shape index (κ3) is 9.01. The average Bonchev–Trinajstić information content (AvgIpc) is 3.53. The molecule has 0 aliphatic carbocycles. The van der Waals surface area contributed by atoms with Crippen molar-refractivity contribution in [1.29, 1.82) is 0 Å². The molecule has 6 bridgehead atoms. The number of aromatic nitrogens is 1. The number of ether oxygens (including phenoxy) is 3. The predicted molar refractivity (Wildman–Crippen MR) is 226 cm³/mol. The molecule has 5 aliphatic heterocycles. The number of aliphatic hydroxyl groups excluding tert-OH is 1. The molecule has 0 radical (unpaired) electrons. The molecular formula is C44H68N8O5. The van der Waals surface area contributed by atoms with Crippen LogP contribution in [0.3, 0.4) is 0 Å². The van der Waals surface area contributed by atoms with Gasteiger partial charge in [-0.15, -0.1) is 0 Å². The lowest BCUT2D eigenvalue weighted by molar-refractivity contribution is -0.163. The summed E-state index contributed by atoms with van der Waals surface area (Å²) in [6, 6.07) is 6.14. The van der Waals surface area contributed by atoms with Gasteiger partial charge in [0.2, 0.25) is 0 Å². The topological polar surface area (TPSA) is 147 Å². The summed E-state index contributed by atoms with van der Waals surface area (Å²) in [5, 5.41) is 14.2. The number of aliphatic hydroxyl groups is 1. The van der Waals surface area contributed by atoms with Crippen molar-refractivity contribution in [3.63, 3.8) is 0 Å². The molecular weight excluding hydrogens is 721 g/mol. The molecule has 6 N–H and O–H groups in total. The first-order chi connectivity index (χ1) is 27.4. The molecule has 1 aromatic heterocycles. The molecule has 0 spiro atoms. The van der Waals surface area contributed by atoms with Gasteiger partial charge in [0.25, 0.3) is 5.91 Å². The smallest absolute Gasteiger partial charge is 0.254 e. The molecule has 5 aliphatic rings. The van der Waals surface area contributed by atoms with Crippen LogP contribution >= 0.6 is 0 Å². The van der Waals surface area contributed by atoms with Crippen molar-refractivity contribution < 1.29 is 24.1 Å². The number of rotatable bonds is 7. The van der Waals surface area contributed by atoms with Gasteiger partial charge in [-0.1, -0.05) is 32.9 Å². The number of morpholine rings is 1. The van der Waals surface area contributed by atoms with E-state index in [-0.39, 0.29) is 12.0 Å². The lowest BCUT2D eigenvalue weighted by Crippen LogP contribution is -2.61. The first kappa shape index (κ1) is 41.9. The van der Waals surface area contributed by atoms with Gasteiger partial charge < -0.3 is 40.3 Å². The second-order valence-electron chi connectivity index (χ2n) is 17.5. The summed E-state index contributed by atoms with van der Waals surface area (Å²) in [4.78, 5) is 21.0. The van der Waals surface area contributed by atoms with Crippen molar-refractivity contribution in [2.75, 3.05) is 79.3 Å². The monoisotopic (exact) mass is 789 g/mol. The van der Waals surface area contributed by atoms with Crippen molar-refractivity contribution in [3.05, 3.63) is 58.6 Å². The maximum atomic E-state index is 13.6. The van der Waals surface area contributed by atoms with Crippen LogP contribution in [0.4, 0.5) is 0 Å². The van der Waals surface area contributed by atoms with E-state index < -0.39 is 23.8 Å². The number of allylic oxidation sites excluding steroid dienone is 3. The van der Waals surface area contributed by atoms with Crippen LogP contribution in [-0.4, -0.2) is 145 Å². The number of fused-ring (bicyclic) bond motifs is 7. The molecule has 1 aromatic carbocycles. The molecule has 3 saturated heterocycles. The van der Waals surface area contributed by atoms with Crippen molar-refractivity contribution in [2.24, 2.45) is 16.9 Å². The van der Waals surface area contributed by atoms with Crippen LogP contribution in [0.2, 0.25) is 0 Å². The SMILES string of the molecule is CC/C(=C\C(=C(/N)[C@H](C)OC)c1c2c3cc(ccc3n1CC)C1=CCCN(C1)C[C@H](N)C(=O)N1CCC[C@H](N1)C(O)OCC(C)(C)C2)N1CCN2CCOC[C@@H]2C1. The third-order valence-corrected chi connectivity index (χ3v) is 12.9. The molecule has 0 saturated carbocycles. The Kier molecular flexibility index (Phi) is 13.2. The third-order valence-electron chi connectivity index (χ3n) is 12.9. The normalized spacial score (nSPS) is 29.1. The van der Waals surface area contributed by atoms with Crippen LogP contribution in [-0.2, 0) is 32.0 Å². The minimum Gasteiger partial charge on any atom is -0.399 e. The zero-order valence-electron chi connectivity index (χ0n) is 35.3. The van der Waals surface area contributed by atoms with E-state index in [9.17, 15) is 9.90 Å². The van der Waals surface area contributed by atoms with Crippen LogP contribution in [0.1, 0.15) is 77.1 Å². The largest absolute Gasteiger partial charge is 0.399 e. The van der Waals surface area contributed by atoms with E-state index in [1.165, 1.54) is 27.8 Å². The second kappa shape index (κ2) is 17.9. The van der Waals surface area contributed by atoms with E-state index in [4.69, 9.17) is 25.7 Å². The lowest BCUT2D eigenvalue weighted by atomic mass is 9.83. The number of carbonyl (C=O) groups excluding carboxylic acids is 1. The predicted octanol–water partition coefficient (Wildman–Crippen LogP) is 3.51. The van der Waals surface area contributed by atoms with Crippen molar-refractivity contribution in [3.8, 4) is 0 Å². The van der Waals surface area contributed by atoms with Crippen LogP contribution < -0.4 is 16.9 Å². The number of aryl methyl sites for hydroxylation is 1. The number of methoxy groups -OCH3 is 1. The number of amides is 1. The van der Waals surface area contributed by atoms with Crippen molar-refractivity contribution in [1.82, 2.24) is 29.7 Å². The molecule has 2 unspecified atom stereocenters. The number of hydrazine groups is 1. The fraction of sp³-hybridized carbons (Fsp3) is 0.659. The maximum Gasteiger partial charge on any atom is 0.254 e. The van der Waals surface area contributed by atoms with E-state index in [0.717, 1.165) is 88.5 Å². The lowest BCUT2D eigenvalue weighted by Gasteiger charge is -2.45. The highest BCUT2D eigenvalue weighted by Crippen LogP contribution is 2.40. The van der Waals surface area contributed by atoms with Gasteiger partial charge in [-0.25, -0.2) is 5.43 Å². The Hall–Kier alpha value is -3.27. The summed E-state index contributed by atoms with van der Waals surface area (Å²) in [5.41, 5.74) is 25.5. The Morgan fingerprint density at radius 3 is 2.75 bits per heavy atom. The molecule has 3 fully saturated rings. The molecule has 7 rings (SSSR count). The Morgan fingerprint density at radius 1 is 1.16 bits per heavy atom. The summed E-state index contributed by atoms with van der Waals surface area (Å²) in [6.45, 7) is 19.9. The minimum atomic E-state index is -1.09. The number of hydrogen-bond acceptors (Lipinski definition) is 11. The standard InChI is InChI=1S/C44H68N8O5/c1-7-32(50-18-17-49-19-20-56-27-33(49)25-50)22-35(40(46)29(3)55-6)41-36-23-44(4,5)28-57-43(54)38-12-10-16-52(47-38)42(53)37(45)26-48-15-9-11-31(24-48)30-13-14-39(34(36)21-30)51(41)8-2/h11,13-14,21-22,29,33,37-38,43,47,54H,7-10,12,15-20,23-28,45-46H2,1-6H3/b32-22+,40-35+/t29-,33-,37-,38-,43?/m0/s1. The summed E-state index contributed by atoms with van der Waals surface area (Å²) in [5.74, 6) is -0.152. The molecule has 6 heterocycles. The number of nitrogens with two attached hydrogens (primary N) is 2. The average molecular weight is 789 g/mol. The van der Waals surface area contributed by atoms with E-state index in [1.807, 2.05) is 6.92 Å². The number of hydrogen-bond donors (Lipinski definition) is 4. The van der Waals surface area contributed by atoms with Gasteiger partial charge in [-0.2, -0.15) is 0 Å². The number of carbonyl (C=O) groups is 1. The first-order valence-electron chi connectivity index (χ1n) is 21.4. The number of nitrogens with zero attached hydrogens (tertiary/aromatic N) is 5. The summed E-state index contributed by atoms with van der Waals surface area (Å²) >= 11 is 0. The van der Waals surface area contributed by atoms with E-state index >= 15 is 0 Å². The number of piperazine rings is 1. The molecule has 57 heavy (non-hydrogen) atoms. The van der Waals surface area contributed by atoms with Gasteiger partial charge in [-0.3, -0.25) is 19.6 Å². The summed E-state index contributed by atoms with van der Waals surface area (Å²) < 4.78 is 20.6. The minimum absolute atomic E-state index is 0.152. The van der Waals surface area contributed by atoms with Gasteiger partial charge in [0, 0.05) is 93.9 Å². The van der Waals surface area contributed by atoms with Gasteiger partial charge >= 0.3 is 0 Å². The van der Waals surface area contributed by atoms with E-state index in [2.05, 4.69) is 82.7 Å². The van der Waals surface area contributed by atoms with Gasteiger partial charge in [-0.05, 0) is 86.3 Å². The Bertz CT molecular complexity index is 1850. The molecule has 13 nitrogen and oxygen atoms in total. The Morgan fingerprint density at radius 2 is 1.98 bits per heavy atom. The van der Waals surface area contributed by atoms with E-state index in [1.54, 1.807) is 12.1 Å². The quantitative estimate of drug-likeness (QED) is 0.306. The molecule has 2 aromatic rings. The van der Waals surface area contributed by atoms with Crippen LogP contribution in [0.5, 0.6) is 0 Å². The Balaban J connectivity index is 1.37. The number of benzene rings is 1.